The molecule has 0 unspecified atom stereocenters. The Balaban J connectivity index is 1.30. The number of ether oxygens (including phenoxy) is 2. The standard InChI is InChI=1S/C20H26FN3O4/c1-2-20(6-8-26-9-7-20)24-18(25)13-10-14(27-12-13)11-22-19-23-17-15(21)4-3-5-16(17)28-19/h3-5,13-14H,2,6-12H2,1H3,(H,22,23)(H,24,25)/t13-,14-/m0/s1. The van der Waals surface area contributed by atoms with Crippen molar-refractivity contribution in [3.05, 3.63) is 24.0 Å². The molecule has 1 aromatic carbocycles. The molecular weight excluding hydrogens is 365 g/mol. The minimum absolute atomic E-state index is 0.0511. The summed E-state index contributed by atoms with van der Waals surface area (Å²) in [6, 6.07) is 4.85. The van der Waals surface area contributed by atoms with E-state index in [-0.39, 0.29) is 35.0 Å². The van der Waals surface area contributed by atoms with Crippen molar-refractivity contribution in [3.8, 4) is 0 Å². The zero-order chi connectivity index (χ0) is 19.6. The van der Waals surface area contributed by atoms with E-state index >= 15 is 0 Å². The largest absolute Gasteiger partial charge is 0.423 e. The molecule has 0 radical (unpaired) electrons. The summed E-state index contributed by atoms with van der Waals surface area (Å²) in [6.45, 7) is 4.33. The number of rotatable bonds is 6. The second kappa shape index (κ2) is 8.05. The fraction of sp³-hybridized carbons (Fsp3) is 0.600. The average Bonchev–Trinajstić information content (AvgIpc) is 3.35. The molecule has 1 aromatic heterocycles. The molecule has 2 aliphatic heterocycles. The van der Waals surface area contributed by atoms with E-state index in [1.165, 1.54) is 6.07 Å². The third-order valence-corrected chi connectivity index (χ3v) is 5.82. The predicted molar refractivity (Wildman–Crippen MR) is 102 cm³/mol. The van der Waals surface area contributed by atoms with Gasteiger partial charge in [0, 0.05) is 25.3 Å². The number of nitrogens with zero attached hydrogens (tertiary/aromatic N) is 1. The Morgan fingerprint density at radius 3 is 2.93 bits per heavy atom. The number of anilines is 1. The summed E-state index contributed by atoms with van der Waals surface area (Å²) in [5.74, 6) is -0.532. The maximum absolute atomic E-state index is 13.7. The summed E-state index contributed by atoms with van der Waals surface area (Å²) < 4.78 is 30.4. The van der Waals surface area contributed by atoms with Gasteiger partial charge in [-0.25, -0.2) is 4.39 Å². The van der Waals surface area contributed by atoms with Gasteiger partial charge >= 0.3 is 0 Å². The van der Waals surface area contributed by atoms with Crippen LogP contribution in [-0.2, 0) is 14.3 Å². The first kappa shape index (κ1) is 19.1. The lowest BCUT2D eigenvalue weighted by atomic mass is 9.86. The Hall–Kier alpha value is -2.19. The van der Waals surface area contributed by atoms with Crippen LogP contribution in [0.3, 0.4) is 0 Å². The highest BCUT2D eigenvalue weighted by atomic mass is 19.1. The molecule has 0 aliphatic carbocycles. The van der Waals surface area contributed by atoms with E-state index in [4.69, 9.17) is 13.9 Å². The van der Waals surface area contributed by atoms with Crippen LogP contribution >= 0.6 is 0 Å². The first-order valence-corrected chi connectivity index (χ1v) is 9.89. The Bertz CT molecular complexity index is 834. The van der Waals surface area contributed by atoms with Crippen molar-refractivity contribution < 1.29 is 23.1 Å². The van der Waals surface area contributed by atoms with Crippen molar-refractivity contribution >= 4 is 23.0 Å². The predicted octanol–water partition coefficient (Wildman–Crippen LogP) is 2.86. The van der Waals surface area contributed by atoms with E-state index in [9.17, 15) is 9.18 Å². The second-order valence-corrected chi connectivity index (χ2v) is 7.61. The van der Waals surface area contributed by atoms with Gasteiger partial charge in [-0.2, -0.15) is 4.98 Å². The number of carbonyl (C=O) groups is 1. The van der Waals surface area contributed by atoms with Crippen molar-refractivity contribution in [2.24, 2.45) is 5.92 Å². The fourth-order valence-corrected chi connectivity index (χ4v) is 3.91. The summed E-state index contributed by atoms with van der Waals surface area (Å²) in [5, 5.41) is 6.30. The number of para-hydroxylation sites is 1. The van der Waals surface area contributed by atoms with Crippen LogP contribution in [-0.4, -0.2) is 48.9 Å². The van der Waals surface area contributed by atoms with E-state index in [0.29, 0.717) is 38.4 Å². The van der Waals surface area contributed by atoms with Crippen LogP contribution in [0.1, 0.15) is 32.6 Å². The van der Waals surface area contributed by atoms with E-state index in [2.05, 4.69) is 22.5 Å². The second-order valence-electron chi connectivity index (χ2n) is 7.61. The number of oxazole rings is 1. The Morgan fingerprint density at radius 1 is 1.36 bits per heavy atom. The molecule has 0 saturated carbocycles. The first-order chi connectivity index (χ1) is 13.6. The number of fused-ring (bicyclic) bond motifs is 1. The van der Waals surface area contributed by atoms with Gasteiger partial charge in [0.2, 0.25) is 5.91 Å². The smallest absolute Gasteiger partial charge is 0.295 e. The highest BCUT2D eigenvalue weighted by molar-refractivity contribution is 5.80. The van der Waals surface area contributed by atoms with Gasteiger partial charge in [0.05, 0.1) is 18.6 Å². The van der Waals surface area contributed by atoms with Gasteiger partial charge in [0.1, 0.15) is 5.52 Å². The Kier molecular flexibility index (Phi) is 5.50. The van der Waals surface area contributed by atoms with Gasteiger partial charge in [-0.15, -0.1) is 0 Å². The number of carbonyl (C=O) groups excluding carboxylic acids is 1. The van der Waals surface area contributed by atoms with Crippen LogP contribution in [0.25, 0.3) is 11.1 Å². The van der Waals surface area contributed by atoms with Gasteiger partial charge in [0.25, 0.3) is 6.01 Å². The summed E-state index contributed by atoms with van der Waals surface area (Å²) in [6.07, 6.45) is 3.10. The minimum atomic E-state index is -0.416. The number of nitrogens with one attached hydrogen (secondary N) is 2. The van der Waals surface area contributed by atoms with Crippen molar-refractivity contribution in [3.63, 3.8) is 0 Å². The molecular formula is C20H26FN3O4. The summed E-state index contributed by atoms with van der Waals surface area (Å²) in [7, 11) is 0. The monoisotopic (exact) mass is 391 g/mol. The first-order valence-electron chi connectivity index (χ1n) is 9.89. The molecule has 2 N–H and O–H groups in total. The van der Waals surface area contributed by atoms with Crippen molar-refractivity contribution in [2.45, 2.75) is 44.2 Å². The average molecular weight is 391 g/mol. The van der Waals surface area contributed by atoms with Crippen LogP contribution in [0.15, 0.2) is 22.6 Å². The topological polar surface area (TPSA) is 85.6 Å². The molecule has 0 bridgehead atoms. The van der Waals surface area contributed by atoms with E-state index in [0.717, 1.165) is 19.3 Å². The SMILES string of the molecule is CCC1(NC(=O)[C@@H]2CO[C@H](CNc3nc4c(F)cccc4o3)C2)CCOCC1. The molecule has 1 amide bonds. The quantitative estimate of drug-likeness (QED) is 0.788. The van der Waals surface area contributed by atoms with Gasteiger partial charge in [0.15, 0.2) is 11.4 Å². The maximum atomic E-state index is 13.7. The molecule has 0 spiro atoms. The molecule has 2 saturated heterocycles. The van der Waals surface area contributed by atoms with E-state index in [1.807, 2.05) is 0 Å². The number of amides is 1. The molecule has 28 heavy (non-hydrogen) atoms. The van der Waals surface area contributed by atoms with E-state index in [1.54, 1.807) is 12.1 Å². The summed E-state index contributed by atoms with van der Waals surface area (Å²) in [5.41, 5.74) is 0.442. The summed E-state index contributed by atoms with van der Waals surface area (Å²) >= 11 is 0. The molecule has 7 nitrogen and oxygen atoms in total. The van der Waals surface area contributed by atoms with Crippen LogP contribution in [0.2, 0.25) is 0 Å². The number of hydrogen-bond acceptors (Lipinski definition) is 6. The highest BCUT2D eigenvalue weighted by Gasteiger charge is 2.37. The number of halogens is 1. The Morgan fingerprint density at radius 2 is 2.18 bits per heavy atom. The normalized spacial score (nSPS) is 24.4. The minimum Gasteiger partial charge on any atom is -0.423 e. The zero-order valence-electron chi connectivity index (χ0n) is 16.0. The van der Waals surface area contributed by atoms with Gasteiger partial charge < -0.3 is 24.5 Å². The molecule has 3 heterocycles. The van der Waals surface area contributed by atoms with Crippen molar-refractivity contribution in [1.82, 2.24) is 10.3 Å². The van der Waals surface area contributed by atoms with Crippen LogP contribution in [0.4, 0.5) is 10.4 Å². The maximum Gasteiger partial charge on any atom is 0.295 e. The molecule has 2 aromatic rings. The summed E-state index contributed by atoms with van der Waals surface area (Å²) in [4.78, 5) is 16.9. The zero-order valence-corrected chi connectivity index (χ0v) is 16.0. The van der Waals surface area contributed by atoms with E-state index < -0.39 is 5.82 Å². The molecule has 2 atom stereocenters. The van der Waals surface area contributed by atoms with Crippen LogP contribution < -0.4 is 10.6 Å². The molecule has 8 heteroatoms. The fourth-order valence-electron chi connectivity index (χ4n) is 3.91. The van der Waals surface area contributed by atoms with Crippen molar-refractivity contribution in [2.75, 3.05) is 31.7 Å². The highest BCUT2D eigenvalue weighted by Crippen LogP contribution is 2.27. The molecule has 2 fully saturated rings. The lowest BCUT2D eigenvalue weighted by molar-refractivity contribution is -0.128. The number of aromatic nitrogens is 1. The van der Waals surface area contributed by atoms with Crippen molar-refractivity contribution in [1.29, 1.82) is 0 Å². The van der Waals surface area contributed by atoms with Gasteiger partial charge in [-0.1, -0.05) is 13.0 Å². The number of hydrogen-bond donors (Lipinski definition) is 2. The Labute approximate surface area is 163 Å². The molecule has 2 aliphatic rings. The lowest BCUT2D eigenvalue weighted by Gasteiger charge is -2.38. The molecule has 152 valence electrons. The third-order valence-electron chi connectivity index (χ3n) is 5.82. The van der Waals surface area contributed by atoms with Gasteiger partial charge in [-0.3, -0.25) is 4.79 Å². The third kappa shape index (κ3) is 3.98. The van der Waals surface area contributed by atoms with Crippen LogP contribution in [0, 0.1) is 11.7 Å². The van der Waals surface area contributed by atoms with Gasteiger partial charge in [-0.05, 0) is 37.8 Å². The lowest BCUT2D eigenvalue weighted by Crippen LogP contribution is -2.53. The molecule has 4 rings (SSSR count). The number of benzene rings is 1. The van der Waals surface area contributed by atoms with Crippen LogP contribution in [0.5, 0.6) is 0 Å².